The van der Waals surface area contributed by atoms with E-state index in [0.717, 1.165) is 28.2 Å². The van der Waals surface area contributed by atoms with Crippen molar-refractivity contribution in [1.82, 2.24) is 9.88 Å². The quantitative estimate of drug-likeness (QED) is 0.610. The molecule has 2 aromatic carbocycles. The number of likely N-dealkylation sites (tertiary alicyclic amines) is 1. The van der Waals surface area contributed by atoms with Crippen LogP contribution in [0.5, 0.6) is 0 Å². The van der Waals surface area contributed by atoms with Gasteiger partial charge in [-0.2, -0.15) is 8.42 Å². The molecule has 1 aliphatic rings. The molecule has 1 fully saturated rings. The predicted octanol–water partition coefficient (Wildman–Crippen LogP) is 3.76. The number of rotatable bonds is 5. The Bertz CT molecular complexity index is 1210. The lowest BCUT2D eigenvalue weighted by Crippen LogP contribution is -2.20. The number of fused-ring (bicyclic) bond motifs is 1. The molecule has 154 valence electrons. The van der Waals surface area contributed by atoms with Crippen molar-refractivity contribution in [3.8, 4) is 0 Å². The fourth-order valence-corrected chi connectivity index (χ4v) is 5.07. The third kappa shape index (κ3) is 4.58. The molecule has 1 N–H and O–H groups in total. The molecule has 1 amide bonds. The van der Waals surface area contributed by atoms with Gasteiger partial charge in [-0.3, -0.25) is 4.79 Å². The third-order valence-electron chi connectivity index (χ3n) is 4.67. The highest BCUT2D eigenvalue weighted by atomic mass is 32.2. The number of sulfonamides is 1. The lowest BCUT2D eigenvalue weighted by Gasteiger charge is -2.11. The SMILES string of the molecule is CN1CCC/C1=N\S(=O)(=O)c1ccc(NC(=O)/C=C/c2nc3ccccc3s2)cc1. The maximum absolute atomic E-state index is 12.5. The highest BCUT2D eigenvalue weighted by molar-refractivity contribution is 7.90. The molecular formula is C21H20N4O3S2. The van der Waals surface area contributed by atoms with Crippen molar-refractivity contribution in [1.29, 1.82) is 0 Å². The van der Waals surface area contributed by atoms with Crippen LogP contribution < -0.4 is 5.32 Å². The number of thiazole rings is 1. The lowest BCUT2D eigenvalue weighted by atomic mass is 10.3. The number of amidine groups is 1. The zero-order valence-electron chi connectivity index (χ0n) is 16.3. The summed E-state index contributed by atoms with van der Waals surface area (Å²) in [5.74, 6) is 0.255. The Morgan fingerprint density at radius 3 is 2.67 bits per heavy atom. The third-order valence-corrected chi connectivity index (χ3v) is 6.99. The second kappa shape index (κ2) is 8.37. The maximum Gasteiger partial charge on any atom is 0.283 e. The average Bonchev–Trinajstić information content (AvgIpc) is 3.32. The van der Waals surface area contributed by atoms with Crippen LogP contribution in [0.1, 0.15) is 17.8 Å². The van der Waals surface area contributed by atoms with Crippen molar-refractivity contribution in [3.05, 3.63) is 59.6 Å². The van der Waals surface area contributed by atoms with E-state index in [4.69, 9.17) is 0 Å². The Morgan fingerprint density at radius 2 is 1.97 bits per heavy atom. The van der Waals surface area contributed by atoms with Crippen LogP contribution in [0.2, 0.25) is 0 Å². The number of anilines is 1. The number of hydrogen-bond acceptors (Lipinski definition) is 5. The van der Waals surface area contributed by atoms with E-state index in [0.29, 0.717) is 17.9 Å². The summed E-state index contributed by atoms with van der Waals surface area (Å²) in [5.41, 5.74) is 1.39. The van der Waals surface area contributed by atoms with Crippen molar-refractivity contribution < 1.29 is 13.2 Å². The molecule has 4 rings (SSSR count). The first-order valence-corrected chi connectivity index (χ1v) is 11.7. The zero-order chi connectivity index (χ0) is 21.1. The Morgan fingerprint density at radius 1 is 1.20 bits per heavy atom. The van der Waals surface area contributed by atoms with E-state index in [-0.39, 0.29) is 10.8 Å². The molecule has 0 bridgehead atoms. The Hall–Kier alpha value is -3.04. The van der Waals surface area contributed by atoms with Gasteiger partial charge >= 0.3 is 0 Å². The summed E-state index contributed by atoms with van der Waals surface area (Å²) in [4.78, 5) is 18.6. The summed E-state index contributed by atoms with van der Waals surface area (Å²) in [7, 11) is -1.93. The number of carbonyl (C=O) groups is 1. The van der Waals surface area contributed by atoms with E-state index in [2.05, 4.69) is 14.7 Å². The molecule has 30 heavy (non-hydrogen) atoms. The molecular weight excluding hydrogens is 420 g/mol. The molecule has 0 saturated carbocycles. The number of benzene rings is 2. The number of hydrogen-bond donors (Lipinski definition) is 1. The number of nitrogens with zero attached hydrogens (tertiary/aromatic N) is 3. The minimum atomic E-state index is -3.77. The van der Waals surface area contributed by atoms with Gasteiger partial charge in [0, 0.05) is 31.8 Å². The van der Waals surface area contributed by atoms with E-state index in [1.54, 1.807) is 18.2 Å². The monoisotopic (exact) mass is 440 g/mol. The van der Waals surface area contributed by atoms with Crippen molar-refractivity contribution in [2.24, 2.45) is 4.40 Å². The second-order valence-electron chi connectivity index (χ2n) is 6.87. The van der Waals surface area contributed by atoms with Crippen molar-refractivity contribution in [2.45, 2.75) is 17.7 Å². The van der Waals surface area contributed by atoms with Gasteiger partial charge in [0.2, 0.25) is 5.91 Å². The summed E-state index contributed by atoms with van der Waals surface area (Å²) in [6.07, 6.45) is 4.63. The lowest BCUT2D eigenvalue weighted by molar-refractivity contribution is -0.111. The largest absolute Gasteiger partial charge is 0.362 e. The van der Waals surface area contributed by atoms with Gasteiger partial charge in [0.1, 0.15) is 10.8 Å². The van der Waals surface area contributed by atoms with E-state index < -0.39 is 10.0 Å². The number of nitrogens with one attached hydrogen (secondary N) is 1. The number of amides is 1. The molecule has 0 aliphatic carbocycles. The molecule has 0 spiro atoms. The molecule has 1 aliphatic heterocycles. The number of carbonyl (C=O) groups excluding carboxylic acids is 1. The zero-order valence-corrected chi connectivity index (χ0v) is 17.9. The van der Waals surface area contributed by atoms with Gasteiger partial charge in [0.05, 0.1) is 15.1 Å². The first kappa shape index (κ1) is 20.2. The summed E-state index contributed by atoms with van der Waals surface area (Å²) in [6.45, 7) is 0.809. The summed E-state index contributed by atoms with van der Waals surface area (Å²) in [5, 5.41) is 3.46. The highest BCUT2D eigenvalue weighted by Gasteiger charge is 2.20. The second-order valence-corrected chi connectivity index (χ2v) is 9.54. The first-order valence-electron chi connectivity index (χ1n) is 9.40. The van der Waals surface area contributed by atoms with Crippen molar-refractivity contribution >= 4 is 55.1 Å². The van der Waals surface area contributed by atoms with Crippen LogP contribution in [0.15, 0.2) is 63.9 Å². The van der Waals surface area contributed by atoms with Crippen LogP contribution in [0, 0.1) is 0 Å². The van der Waals surface area contributed by atoms with Crippen LogP contribution in [-0.2, 0) is 14.8 Å². The molecule has 1 saturated heterocycles. The predicted molar refractivity (Wildman–Crippen MR) is 120 cm³/mol. The number of aromatic nitrogens is 1. The van der Waals surface area contributed by atoms with Gasteiger partial charge in [0.25, 0.3) is 10.0 Å². The fraction of sp³-hybridized carbons (Fsp3) is 0.190. The van der Waals surface area contributed by atoms with Crippen LogP contribution in [0.3, 0.4) is 0 Å². The Balaban J connectivity index is 1.42. The number of para-hydroxylation sites is 1. The van der Waals surface area contributed by atoms with Gasteiger partial charge in [-0.15, -0.1) is 15.7 Å². The van der Waals surface area contributed by atoms with Crippen molar-refractivity contribution in [3.63, 3.8) is 0 Å². The molecule has 1 aromatic heterocycles. The van der Waals surface area contributed by atoms with E-state index in [1.807, 2.05) is 36.2 Å². The molecule has 0 atom stereocenters. The van der Waals surface area contributed by atoms with Crippen LogP contribution >= 0.6 is 11.3 Å². The molecule has 2 heterocycles. The molecule has 0 unspecified atom stereocenters. The fourth-order valence-electron chi connectivity index (χ4n) is 3.10. The average molecular weight is 441 g/mol. The molecule has 3 aromatic rings. The van der Waals surface area contributed by atoms with Crippen LogP contribution in [0.25, 0.3) is 16.3 Å². The minimum Gasteiger partial charge on any atom is -0.362 e. The molecule has 0 radical (unpaired) electrons. The summed E-state index contributed by atoms with van der Waals surface area (Å²) in [6, 6.07) is 13.8. The maximum atomic E-state index is 12.5. The molecule has 7 nitrogen and oxygen atoms in total. The van der Waals surface area contributed by atoms with E-state index in [9.17, 15) is 13.2 Å². The van der Waals surface area contributed by atoms with E-state index in [1.165, 1.54) is 29.5 Å². The summed E-state index contributed by atoms with van der Waals surface area (Å²) < 4.78 is 30.0. The molecule has 9 heteroatoms. The smallest absolute Gasteiger partial charge is 0.283 e. The van der Waals surface area contributed by atoms with Crippen molar-refractivity contribution in [2.75, 3.05) is 18.9 Å². The Labute approximate surface area is 178 Å². The Kier molecular flexibility index (Phi) is 5.65. The van der Waals surface area contributed by atoms with E-state index >= 15 is 0 Å². The van der Waals surface area contributed by atoms with Gasteiger partial charge in [-0.25, -0.2) is 4.98 Å². The topological polar surface area (TPSA) is 91.7 Å². The van der Waals surface area contributed by atoms with Gasteiger partial charge < -0.3 is 10.2 Å². The minimum absolute atomic E-state index is 0.0957. The van der Waals surface area contributed by atoms with Gasteiger partial charge in [0.15, 0.2) is 0 Å². The standard InChI is InChI=1S/C21H20N4O3S2/c1-25-14-4-7-19(25)24-30(27,28)16-10-8-15(9-11-16)22-20(26)12-13-21-23-17-5-2-3-6-18(17)29-21/h2-3,5-6,8-13H,4,7,14H2,1H3,(H,22,26)/b13-12+,24-19+. The van der Waals surface area contributed by atoms with Gasteiger partial charge in [-0.05, 0) is 48.9 Å². The van der Waals surface area contributed by atoms with Crippen LogP contribution in [-0.4, -0.2) is 43.6 Å². The highest BCUT2D eigenvalue weighted by Crippen LogP contribution is 2.23. The van der Waals surface area contributed by atoms with Gasteiger partial charge in [-0.1, -0.05) is 12.1 Å². The van der Waals surface area contributed by atoms with Crippen LogP contribution in [0.4, 0.5) is 5.69 Å². The normalized spacial score (nSPS) is 16.0. The summed E-state index contributed by atoms with van der Waals surface area (Å²) >= 11 is 1.50. The first-order chi connectivity index (χ1) is 14.4.